The highest BCUT2D eigenvalue weighted by Gasteiger charge is 2.29. The second kappa shape index (κ2) is 4.14. The highest BCUT2D eigenvalue weighted by atomic mass is 32.2. The van der Waals surface area contributed by atoms with E-state index in [0.29, 0.717) is 5.69 Å². The first-order valence-corrected chi connectivity index (χ1v) is 5.43. The van der Waals surface area contributed by atoms with Gasteiger partial charge < -0.3 is 10.8 Å². The topological polar surface area (TPSA) is 63.3 Å². The summed E-state index contributed by atoms with van der Waals surface area (Å²) in [7, 11) is 0. The van der Waals surface area contributed by atoms with Gasteiger partial charge in [-0.15, -0.1) is 11.8 Å². The van der Waals surface area contributed by atoms with Crippen LogP contribution in [0.5, 0.6) is 0 Å². The van der Waals surface area contributed by atoms with E-state index < -0.39 is 10.7 Å². The van der Waals surface area contributed by atoms with Crippen molar-refractivity contribution in [3.8, 4) is 0 Å². The first-order valence-electron chi connectivity index (χ1n) is 4.61. The predicted molar refractivity (Wildman–Crippen MR) is 63.2 cm³/mol. The van der Waals surface area contributed by atoms with Crippen LogP contribution in [0.4, 0.5) is 5.69 Å². The molecule has 0 heterocycles. The minimum Gasteiger partial charge on any atom is -0.480 e. The van der Waals surface area contributed by atoms with Crippen LogP contribution in [-0.4, -0.2) is 15.8 Å². The number of carboxylic acids is 1. The fourth-order valence-electron chi connectivity index (χ4n) is 1.08. The Morgan fingerprint density at radius 2 is 2.07 bits per heavy atom. The Bertz CT molecular complexity index is 388. The van der Waals surface area contributed by atoms with E-state index in [1.165, 1.54) is 11.8 Å². The monoisotopic (exact) mass is 225 g/mol. The summed E-state index contributed by atoms with van der Waals surface area (Å²) in [5.41, 5.74) is 7.52. The number of hydrogen-bond donors (Lipinski definition) is 2. The molecule has 1 aromatic carbocycles. The molecule has 0 radical (unpaired) electrons. The van der Waals surface area contributed by atoms with Crippen LogP contribution in [0.2, 0.25) is 0 Å². The highest BCUT2D eigenvalue weighted by molar-refractivity contribution is 8.01. The average molecular weight is 225 g/mol. The number of aliphatic carboxylic acids is 1. The molecule has 0 spiro atoms. The van der Waals surface area contributed by atoms with Crippen LogP contribution in [0.3, 0.4) is 0 Å². The van der Waals surface area contributed by atoms with Crippen LogP contribution in [-0.2, 0) is 4.79 Å². The maximum atomic E-state index is 10.9. The molecule has 82 valence electrons. The van der Waals surface area contributed by atoms with Crippen molar-refractivity contribution in [1.29, 1.82) is 0 Å². The molecule has 1 aromatic rings. The Morgan fingerprint density at radius 1 is 1.47 bits per heavy atom. The van der Waals surface area contributed by atoms with Gasteiger partial charge >= 0.3 is 5.97 Å². The Balaban J connectivity index is 2.95. The number of carboxylic acid groups (broad SMARTS) is 1. The van der Waals surface area contributed by atoms with E-state index in [9.17, 15) is 4.79 Å². The summed E-state index contributed by atoms with van der Waals surface area (Å²) in [6.45, 7) is 5.28. The molecule has 0 saturated carbocycles. The van der Waals surface area contributed by atoms with Crippen LogP contribution in [0.15, 0.2) is 23.1 Å². The van der Waals surface area contributed by atoms with Gasteiger partial charge in [0.25, 0.3) is 0 Å². The molecule has 0 aliphatic heterocycles. The van der Waals surface area contributed by atoms with Crippen LogP contribution in [0.1, 0.15) is 19.4 Å². The van der Waals surface area contributed by atoms with E-state index >= 15 is 0 Å². The van der Waals surface area contributed by atoms with Gasteiger partial charge in [-0.1, -0.05) is 6.07 Å². The summed E-state index contributed by atoms with van der Waals surface area (Å²) < 4.78 is -0.858. The third-order valence-corrected chi connectivity index (χ3v) is 3.32. The van der Waals surface area contributed by atoms with Crippen molar-refractivity contribution in [2.75, 3.05) is 5.73 Å². The standard InChI is InChI=1S/C11H15NO2S/c1-7-4-5-9(8(12)6-7)15-11(2,3)10(13)14/h4-6H,12H2,1-3H3,(H,13,14). The smallest absolute Gasteiger partial charge is 0.319 e. The lowest BCUT2D eigenvalue weighted by Gasteiger charge is -2.19. The van der Waals surface area contributed by atoms with E-state index in [4.69, 9.17) is 10.8 Å². The number of benzene rings is 1. The van der Waals surface area contributed by atoms with Crippen LogP contribution >= 0.6 is 11.8 Å². The maximum Gasteiger partial charge on any atom is 0.319 e. The fraction of sp³-hybridized carbons (Fsp3) is 0.364. The molecule has 0 atom stereocenters. The SMILES string of the molecule is Cc1ccc(SC(C)(C)C(=O)O)c(N)c1. The largest absolute Gasteiger partial charge is 0.480 e. The van der Waals surface area contributed by atoms with Gasteiger partial charge in [0, 0.05) is 10.6 Å². The number of aryl methyl sites for hydroxylation is 1. The van der Waals surface area contributed by atoms with E-state index in [1.54, 1.807) is 13.8 Å². The Morgan fingerprint density at radius 3 is 2.53 bits per heavy atom. The summed E-state index contributed by atoms with van der Waals surface area (Å²) in [5, 5.41) is 8.99. The Kier molecular flexibility index (Phi) is 3.29. The van der Waals surface area contributed by atoms with Gasteiger partial charge in [0.2, 0.25) is 0 Å². The van der Waals surface area contributed by atoms with Crippen molar-refractivity contribution in [3.63, 3.8) is 0 Å². The molecular weight excluding hydrogens is 210 g/mol. The zero-order valence-electron chi connectivity index (χ0n) is 9.07. The lowest BCUT2D eigenvalue weighted by atomic mass is 10.2. The lowest BCUT2D eigenvalue weighted by molar-refractivity contribution is -0.138. The molecule has 0 aliphatic rings. The van der Waals surface area contributed by atoms with Crippen molar-refractivity contribution >= 4 is 23.4 Å². The van der Waals surface area contributed by atoms with Gasteiger partial charge in [-0.3, -0.25) is 4.79 Å². The molecule has 0 bridgehead atoms. The van der Waals surface area contributed by atoms with Crippen molar-refractivity contribution in [3.05, 3.63) is 23.8 Å². The molecule has 1 rings (SSSR count). The van der Waals surface area contributed by atoms with E-state index in [2.05, 4.69) is 0 Å². The molecule has 4 heteroatoms. The number of anilines is 1. The summed E-state index contributed by atoms with van der Waals surface area (Å²) in [6.07, 6.45) is 0. The fourth-order valence-corrected chi connectivity index (χ4v) is 2.03. The zero-order valence-corrected chi connectivity index (χ0v) is 9.89. The van der Waals surface area contributed by atoms with Crippen molar-refractivity contribution in [2.24, 2.45) is 0 Å². The number of carbonyl (C=O) groups is 1. The van der Waals surface area contributed by atoms with Gasteiger partial charge in [-0.05, 0) is 38.5 Å². The predicted octanol–water partition coefficient (Wildman–Crippen LogP) is 2.53. The van der Waals surface area contributed by atoms with Crippen LogP contribution < -0.4 is 5.73 Å². The molecule has 15 heavy (non-hydrogen) atoms. The average Bonchev–Trinajstić information content (AvgIpc) is 2.09. The van der Waals surface area contributed by atoms with Gasteiger partial charge in [-0.25, -0.2) is 0 Å². The Labute approximate surface area is 93.7 Å². The quantitative estimate of drug-likeness (QED) is 0.613. The van der Waals surface area contributed by atoms with E-state index in [0.717, 1.165) is 10.5 Å². The van der Waals surface area contributed by atoms with Crippen molar-refractivity contribution < 1.29 is 9.90 Å². The third-order valence-electron chi connectivity index (χ3n) is 2.05. The van der Waals surface area contributed by atoms with Crippen LogP contribution in [0.25, 0.3) is 0 Å². The maximum absolute atomic E-state index is 10.9. The lowest BCUT2D eigenvalue weighted by Crippen LogP contribution is -2.27. The molecule has 0 aliphatic carbocycles. The molecule has 0 amide bonds. The van der Waals surface area contributed by atoms with Gasteiger partial charge in [0.15, 0.2) is 0 Å². The minimum absolute atomic E-state index is 0.634. The van der Waals surface area contributed by atoms with E-state index in [-0.39, 0.29) is 0 Å². The summed E-state index contributed by atoms with van der Waals surface area (Å²) in [6, 6.07) is 5.64. The third kappa shape index (κ3) is 2.89. The molecule has 0 unspecified atom stereocenters. The molecule has 3 nitrogen and oxygen atoms in total. The normalized spacial score (nSPS) is 11.4. The zero-order chi connectivity index (χ0) is 11.6. The van der Waals surface area contributed by atoms with Crippen molar-refractivity contribution in [2.45, 2.75) is 30.4 Å². The molecule has 0 fully saturated rings. The number of nitrogens with two attached hydrogens (primary N) is 1. The molecular formula is C11H15NO2S. The molecule has 3 N–H and O–H groups in total. The first kappa shape index (κ1) is 11.9. The van der Waals surface area contributed by atoms with E-state index in [1.807, 2.05) is 25.1 Å². The van der Waals surface area contributed by atoms with Gasteiger partial charge in [0.05, 0.1) is 0 Å². The number of nitrogen functional groups attached to an aromatic ring is 1. The summed E-state index contributed by atoms with van der Waals surface area (Å²) in [5.74, 6) is -0.840. The summed E-state index contributed by atoms with van der Waals surface area (Å²) in [4.78, 5) is 11.8. The highest BCUT2D eigenvalue weighted by Crippen LogP contribution is 2.36. The molecule has 0 saturated heterocycles. The number of thioether (sulfide) groups is 1. The summed E-state index contributed by atoms with van der Waals surface area (Å²) >= 11 is 1.26. The van der Waals surface area contributed by atoms with Crippen LogP contribution in [0, 0.1) is 6.92 Å². The van der Waals surface area contributed by atoms with Gasteiger partial charge in [-0.2, -0.15) is 0 Å². The minimum atomic E-state index is -0.858. The van der Waals surface area contributed by atoms with Gasteiger partial charge in [0.1, 0.15) is 4.75 Å². The first-order chi connectivity index (χ1) is 6.83. The Hall–Kier alpha value is -1.16. The number of hydrogen-bond acceptors (Lipinski definition) is 3. The van der Waals surface area contributed by atoms with Crippen molar-refractivity contribution in [1.82, 2.24) is 0 Å². The second-order valence-electron chi connectivity index (χ2n) is 3.96. The molecule has 0 aromatic heterocycles. The second-order valence-corrected chi connectivity index (χ2v) is 5.62. The number of rotatable bonds is 3.